The summed E-state index contributed by atoms with van der Waals surface area (Å²) in [7, 11) is -3.69. The molecule has 1 rings (SSSR count). The van der Waals surface area contributed by atoms with Gasteiger partial charge in [0.1, 0.15) is 0 Å². The highest BCUT2D eigenvalue weighted by Crippen LogP contribution is 2.38. The average molecular weight is 549 g/mol. The normalized spacial score (nSPS) is 15.2. The molecular formula is C31H56O4Si2. The Labute approximate surface area is 230 Å². The van der Waals surface area contributed by atoms with Gasteiger partial charge in [0.05, 0.1) is 12.7 Å². The first-order valence-electron chi connectivity index (χ1n) is 14.1. The third-order valence-electron chi connectivity index (χ3n) is 8.00. The van der Waals surface area contributed by atoms with E-state index in [4.69, 9.17) is 13.6 Å². The molecule has 0 spiro atoms. The Balaban J connectivity index is 2.56. The van der Waals surface area contributed by atoms with Gasteiger partial charge in [0, 0.05) is 19.1 Å². The van der Waals surface area contributed by atoms with E-state index in [2.05, 4.69) is 86.8 Å². The van der Waals surface area contributed by atoms with Crippen LogP contribution in [0.2, 0.25) is 36.3 Å². The van der Waals surface area contributed by atoms with Gasteiger partial charge in [-0.15, -0.1) is 0 Å². The zero-order chi connectivity index (χ0) is 28.3. The molecule has 0 aliphatic carbocycles. The van der Waals surface area contributed by atoms with Crippen molar-refractivity contribution < 1.29 is 18.4 Å². The van der Waals surface area contributed by atoms with Crippen molar-refractivity contribution in [2.75, 3.05) is 6.61 Å². The Morgan fingerprint density at radius 3 is 2.03 bits per heavy atom. The molecule has 6 heteroatoms. The number of hydrogen-bond donors (Lipinski definition) is 0. The molecule has 4 nitrogen and oxygen atoms in total. The molecule has 1 aromatic rings. The quantitative estimate of drug-likeness (QED) is 0.117. The van der Waals surface area contributed by atoms with E-state index in [9.17, 15) is 4.79 Å². The zero-order valence-electron chi connectivity index (χ0n) is 25.8. The number of carbonyl (C=O) groups is 1. The van der Waals surface area contributed by atoms with Gasteiger partial charge in [-0.1, -0.05) is 78.0 Å². The van der Waals surface area contributed by atoms with Crippen LogP contribution in [0.1, 0.15) is 86.1 Å². The molecule has 37 heavy (non-hydrogen) atoms. The van der Waals surface area contributed by atoms with E-state index >= 15 is 0 Å². The highest BCUT2D eigenvalue weighted by molar-refractivity contribution is 6.74. The van der Waals surface area contributed by atoms with Crippen molar-refractivity contribution in [1.29, 1.82) is 0 Å². The monoisotopic (exact) mass is 548 g/mol. The molecular weight excluding hydrogens is 493 g/mol. The Morgan fingerprint density at radius 2 is 1.46 bits per heavy atom. The lowest BCUT2D eigenvalue weighted by molar-refractivity contribution is -0.114. The minimum Gasteiger partial charge on any atom is -0.414 e. The first-order chi connectivity index (χ1) is 16.9. The fourth-order valence-corrected chi connectivity index (χ4v) is 6.41. The summed E-state index contributed by atoms with van der Waals surface area (Å²) < 4.78 is 19.1. The summed E-state index contributed by atoms with van der Waals surface area (Å²) in [5, 5.41) is 0.342. The lowest BCUT2D eigenvalue weighted by Crippen LogP contribution is -2.44. The molecule has 0 saturated heterocycles. The number of ether oxygens (including phenoxy) is 1. The zero-order valence-corrected chi connectivity index (χ0v) is 27.8. The first-order valence-corrected chi connectivity index (χ1v) is 19.9. The number of benzene rings is 1. The summed E-state index contributed by atoms with van der Waals surface area (Å²) in [6.45, 7) is 26.1. The molecule has 0 radical (unpaired) electrons. The van der Waals surface area contributed by atoms with Crippen LogP contribution in [0.3, 0.4) is 0 Å². The van der Waals surface area contributed by atoms with Crippen LogP contribution in [-0.2, 0) is 25.0 Å². The molecule has 0 heterocycles. The van der Waals surface area contributed by atoms with Gasteiger partial charge in [-0.25, -0.2) is 0 Å². The van der Waals surface area contributed by atoms with E-state index in [0.717, 1.165) is 25.7 Å². The average Bonchev–Trinajstić information content (AvgIpc) is 2.75. The van der Waals surface area contributed by atoms with E-state index in [-0.39, 0.29) is 28.1 Å². The molecule has 0 aromatic heterocycles. The first kappa shape index (κ1) is 34.0. The van der Waals surface area contributed by atoms with E-state index in [1.165, 1.54) is 5.56 Å². The molecule has 1 aromatic carbocycles. The van der Waals surface area contributed by atoms with Gasteiger partial charge in [-0.2, -0.15) is 0 Å². The fourth-order valence-electron chi connectivity index (χ4n) is 3.53. The van der Waals surface area contributed by atoms with Crippen molar-refractivity contribution in [2.24, 2.45) is 0 Å². The van der Waals surface area contributed by atoms with Gasteiger partial charge in [-0.3, -0.25) is 4.79 Å². The van der Waals surface area contributed by atoms with E-state index in [0.29, 0.717) is 19.6 Å². The molecule has 0 unspecified atom stereocenters. The summed E-state index contributed by atoms with van der Waals surface area (Å²) in [6.07, 6.45) is 7.90. The second-order valence-electron chi connectivity index (χ2n) is 13.5. The van der Waals surface area contributed by atoms with E-state index in [1.54, 1.807) is 6.08 Å². The Bertz CT molecular complexity index is 820. The van der Waals surface area contributed by atoms with Gasteiger partial charge in [0.2, 0.25) is 0 Å². The summed E-state index contributed by atoms with van der Waals surface area (Å²) in [6, 6.07) is 10.2. The molecule has 0 amide bonds. The van der Waals surface area contributed by atoms with Gasteiger partial charge < -0.3 is 13.6 Å². The van der Waals surface area contributed by atoms with Gasteiger partial charge >= 0.3 is 0 Å². The summed E-state index contributed by atoms with van der Waals surface area (Å²) in [5.74, 6) is 0.186. The van der Waals surface area contributed by atoms with Crippen LogP contribution >= 0.6 is 0 Å². The van der Waals surface area contributed by atoms with Crippen LogP contribution in [-0.4, -0.2) is 41.2 Å². The highest BCUT2D eigenvalue weighted by Gasteiger charge is 2.39. The van der Waals surface area contributed by atoms with Crippen LogP contribution in [0.4, 0.5) is 0 Å². The van der Waals surface area contributed by atoms with Gasteiger partial charge in [0.25, 0.3) is 0 Å². The van der Waals surface area contributed by atoms with Crippen molar-refractivity contribution in [3.05, 3.63) is 48.0 Å². The maximum Gasteiger partial charge on any atom is 0.192 e. The van der Waals surface area contributed by atoms with Crippen LogP contribution in [0, 0.1) is 0 Å². The van der Waals surface area contributed by atoms with Crippen molar-refractivity contribution in [1.82, 2.24) is 0 Å². The number of hydrogen-bond acceptors (Lipinski definition) is 4. The number of carbonyl (C=O) groups excluding carboxylic acids is 1. The number of ketones is 1. The van der Waals surface area contributed by atoms with Crippen LogP contribution in [0.5, 0.6) is 0 Å². The van der Waals surface area contributed by atoms with Crippen LogP contribution in [0.15, 0.2) is 42.5 Å². The summed E-state index contributed by atoms with van der Waals surface area (Å²) in [5.41, 5.74) is 1.18. The van der Waals surface area contributed by atoms with Gasteiger partial charge in [0.15, 0.2) is 22.4 Å². The molecule has 0 N–H and O–H groups in total. The Hall–Kier alpha value is -1.06. The molecule has 212 valence electrons. The van der Waals surface area contributed by atoms with Crippen LogP contribution in [0.25, 0.3) is 0 Å². The third kappa shape index (κ3) is 13.0. The Kier molecular flexibility index (Phi) is 13.7. The summed E-state index contributed by atoms with van der Waals surface area (Å²) >= 11 is 0. The largest absolute Gasteiger partial charge is 0.414 e. The van der Waals surface area contributed by atoms with Gasteiger partial charge in [-0.05, 0) is 80.5 Å². The highest BCUT2D eigenvalue weighted by atomic mass is 28.4. The maximum absolute atomic E-state index is 12.5. The topological polar surface area (TPSA) is 44.8 Å². The predicted octanol–water partition coefficient (Wildman–Crippen LogP) is 9.08. The lowest BCUT2D eigenvalue weighted by atomic mass is 10.1. The van der Waals surface area contributed by atoms with Crippen molar-refractivity contribution in [3.8, 4) is 0 Å². The molecule has 0 bridgehead atoms. The predicted molar refractivity (Wildman–Crippen MR) is 163 cm³/mol. The SMILES string of the molecule is C[C@H](CCCC(=O)/C=C/C[C@@H](CCOCc1ccccc1)O[Si](C)(C)C(C)(C)C)O[Si](C)(C)C(C)(C)C. The molecule has 0 fully saturated rings. The molecule has 0 aliphatic heterocycles. The van der Waals surface area contributed by atoms with E-state index < -0.39 is 16.6 Å². The second-order valence-corrected chi connectivity index (χ2v) is 23.0. The van der Waals surface area contributed by atoms with Crippen molar-refractivity contribution in [2.45, 2.75) is 136 Å². The van der Waals surface area contributed by atoms with Crippen LogP contribution < -0.4 is 0 Å². The molecule has 0 saturated carbocycles. The second kappa shape index (κ2) is 14.9. The summed E-state index contributed by atoms with van der Waals surface area (Å²) in [4.78, 5) is 12.5. The smallest absolute Gasteiger partial charge is 0.192 e. The van der Waals surface area contributed by atoms with E-state index in [1.807, 2.05) is 24.3 Å². The fraction of sp³-hybridized carbons (Fsp3) is 0.710. The Morgan fingerprint density at radius 1 is 0.892 bits per heavy atom. The molecule has 0 aliphatic rings. The van der Waals surface area contributed by atoms with Crippen molar-refractivity contribution >= 4 is 22.4 Å². The standard InChI is InChI=1S/C31H56O4Si2/c1-26(34-36(8,9)30(2,3)4)17-15-20-28(32)21-16-22-29(35-37(10,11)31(5,6)7)23-24-33-25-27-18-13-12-14-19-27/h12-14,16,18-19,21,26,29H,15,17,20,22-25H2,1-11H3/b21-16+/t26-,29+/m1/s1. The maximum atomic E-state index is 12.5. The number of rotatable bonds is 16. The minimum absolute atomic E-state index is 0.0544. The molecule has 2 atom stereocenters. The minimum atomic E-state index is -1.92. The number of allylic oxidation sites excluding steroid dienone is 1. The lowest BCUT2D eigenvalue weighted by Gasteiger charge is -2.39. The third-order valence-corrected chi connectivity index (χ3v) is 17.1. The van der Waals surface area contributed by atoms with Crippen molar-refractivity contribution in [3.63, 3.8) is 0 Å².